The highest BCUT2D eigenvalue weighted by atomic mass is 79.9. The van der Waals surface area contributed by atoms with Crippen molar-refractivity contribution in [3.8, 4) is 5.69 Å². The average Bonchev–Trinajstić information content (AvgIpc) is 3.39. The van der Waals surface area contributed by atoms with Crippen molar-refractivity contribution in [3.63, 3.8) is 0 Å². The van der Waals surface area contributed by atoms with Crippen molar-refractivity contribution in [2.75, 3.05) is 0 Å². The van der Waals surface area contributed by atoms with E-state index in [0.717, 1.165) is 16.8 Å². The van der Waals surface area contributed by atoms with E-state index in [1.54, 1.807) is 0 Å². The van der Waals surface area contributed by atoms with Crippen LogP contribution in [0.1, 0.15) is 11.1 Å². The number of aromatic nitrogens is 3. The predicted molar refractivity (Wildman–Crippen MR) is 127 cm³/mol. The highest BCUT2D eigenvalue weighted by molar-refractivity contribution is 9.10. The lowest BCUT2D eigenvalue weighted by Crippen LogP contribution is -2.43. The molecule has 0 spiro atoms. The number of alkyl halides is 3. The van der Waals surface area contributed by atoms with Gasteiger partial charge in [-0.15, -0.1) is 0 Å². The Morgan fingerprint density at radius 3 is 2.39 bits per heavy atom. The van der Waals surface area contributed by atoms with Crippen molar-refractivity contribution in [1.29, 1.82) is 0 Å². The molecule has 36 heavy (non-hydrogen) atoms. The number of hydrogen-bond acceptors (Lipinski definition) is 3. The normalized spacial score (nSPS) is 13.8. The van der Waals surface area contributed by atoms with Gasteiger partial charge in [0.1, 0.15) is 12.4 Å². The van der Waals surface area contributed by atoms with Gasteiger partial charge in [-0.3, -0.25) is 4.79 Å². The van der Waals surface area contributed by atoms with Crippen molar-refractivity contribution in [1.82, 2.24) is 14.3 Å². The van der Waals surface area contributed by atoms with E-state index in [1.165, 1.54) is 65.5 Å². The molecule has 1 unspecified atom stereocenters. The number of hydrogen-bond donors (Lipinski definition) is 2. The van der Waals surface area contributed by atoms with Crippen molar-refractivity contribution in [3.05, 3.63) is 94.5 Å². The molecule has 0 saturated carbocycles. The first-order valence-electron chi connectivity index (χ1n) is 10.5. The Bertz CT molecular complexity index is 1630. The lowest BCUT2D eigenvalue weighted by atomic mass is 9.85. The summed E-state index contributed by atoms with van der Waals surface area (Å²) in [6.45, 7) is -0.593. The van der Waals surface area contributed by atoms with Crippen LogP contribution < -0.4 is 0 Å². The second-order valence-electron chi connectivity index (χ2n) is 8.24. The molecule has 3 aromatic carbocycles. The number of carboxylic acid groups (broad SMARTS) is 1. The molecule has 6 nitrogen and oxygen atoms in total. The highest BCUT2D eigenvalue weighted by Gasteiger charge is 2.57. The van der Waals surface area contributed by atoms with E-state index in [1.807, 2.05) is 0 Å². The van der Waals surface area contributed by atoms with Crippen LogP contribution in [-0.2, 0) is 16.9 Å². The topological polar surface area (TPSA) is 80.3 Å². The second-order valence-corrected chi connectivity index (χ2v) is 9.16. The minimum Gasteiger partial charge on any atom is -0.480 e. The van der Waals surface area contributed by atoms with E-state index in [-0.39, 0.29) is 10.9 Å². The van der Waals surface area contributed by atoms with Gasteiger partial charge in [-0.05, 0) is 54.1 Å². The molecule has 0 aliphatic heterocycles. The van der Waals surface area contributed by atoms with Gasteiger partial charge in [0.05, 0.1) is 22.9 Å². The summed E-state index contributed by atoms with van der Waals surface area (Å²) in [5, 5.41) is 25.2. The van der Waals surface area contributed by atoms with Crippen LogP contribution in [0.5, 0.6) is 0 Å². The Hall–Kier alpha value is -3.70. The van der Waals surface area contributed by atoms with Crippen LogP contribution in [0, 0.1) is 5.82 Å². The third kappa shape index (κ3) is 3.84. The molecule has 0 saturated heterocycles. The fraction of sp³-hybridized carbons (Fsp3) is 0.120. The largest absolute Gasteiger partial charge is 0.480 e. The van der Waals surface area contributed by atoms with Crippen LogP contribution in [0.2, 0.25) is 0 Å². The van der Waals surface area contributed by atoms with Crippen LogP contribution in [-0.4, -0.2) is 36.7 Å². The van der Waals surface area contributed by atoms with E-state index in [4.69, 9.17) is 0 Å². The third-order valence-corrected chi connectivity index (χ3v) is 6.50. The molecular weight excluding hydrogens is 546 g/mol. The molecule has 0 bridgehead atoms. The lowest BCUT2D eigenvalue weighted by Gasteiger charge is -2.31. The summed E-state index contributed by atoms with van der Waals surface area (Å²) in [7, 11) is 0. The maximum Gasteiger partial charge on any atom is 0.425 e. The Morgan fingerprint density at radius 1 is 1.00 bits per heavy atom. The molecule has 2 heterocycles. The van der Waals surface area contributed by atoms with Gasteiger partial charge in [0.25, 0.3) is 0 Å². The molecule has 0 amide bonds. The summed E-state index contributed by atoms with van der Waals surface area (Å²) in [6.07, 6.45) is -2.78. The van der Waals surface area contributed by atoms with Gasteiger partial charge in [0.15, 0.2) is 0 Å². The van der Waals surface area contributed by atoms with E-state index < -0.39 is 41.2 Å². The number of fused-ring (bicyclic) bond motifs is 2. The van der Waals surface area contributed by atoms with Gasteiger partial charge < -0.3 is 14.8 Å². The SMILES string of the molecule is O=C(O)Cn1cc(C(O)(c2ccc3c(cnn3-c3ccc(F)cc3)c2)C(F)(F)F)c2ccc(Br)cc21. The zero-order valence-corrected chi connectivity index (χ0v) is 19.8. The number of carbonyl (C=O) groups is 1. The molecular formula is C25H16BrF4N3O3. The first-order chi connectivity index (χ1) is 17.0. The van der Waals surface area contributed by atoms with Crippen LogP contribution in [0.15, 0.2) is 77.5 Å². The predicted octanol–water partition coefficient (Wildman–Crippen LogP) is 5.76. The molecule has 184 valence electrons. The first kappa shape index (κ1) is 24.0. The fourth-order valence-electron chi connectivity index (χ4n) is 4.35. The fourth-order valence-corrected chi connectivity index (χ4v) is 4.70. The van der Waals surface area contributed by atoms with Crippen LogP contribution in [0.4, 0.5) is 17.6 Å². The second kappa shape index (κ2) is 8.45. The van der Waals surface area contributed by atoms with Crippen LogP contribution >= 0.6 is 15.9 Å². The van der Waals surface area contributed by atoms with Gasteiger partial charge in [0.2, 0.25) is 5.60 Å². The zero-order chi connectivity index (χ0) is 25.8. The number of halogens is 5. The summed E-state index contributed by atoms with van der Waals surface area (Å²) in [4.78, 5) is 11.4. The molecule has 11 heteroatoms. The highest BCUT2D eigenvalue weighted by Crippen LogP contribution is 2.47. The standard InChI is InChI=1S/C25H16BrF4N3O3/c26-16-2-7-19-20(12-32(13-23(34)35)22(19)10-16)24(36,25(28,29)30)15-1-8-21-14(9-15)11-31-33(21)18-5-3-17(27)4-6-18/h1-12,36H,13H2,(H,34,35). The number of benzene rings is 3. The molecule has 0 aliphatic rings. The smallest absolute Gasteiger partial charge is 0.425 e. The molecule has 0 fully saturated rings. The Kier molecular flexibility index (Phi) is 5.64. The molecule has 2 N–H and O–H groups in total. The Balaban J connectivity index is 1.71. The van der Waals surface area contributed by atoms with Crippen molar-refractivity contribution in [2.45, 2.75) is 18.3 Å². The summed E-state index contributed by atoms with van der Waals surface area (Å²) in [5.74, 6) is -1.69. The van der Waals surface area contributed by atoms with Crippen LogP contribution in [0.3, 0.4) is 0 Å². The summed E-state index contributed by atoms with van der Waals surface area (Å²) < 4.78 is 60.3. The minimum atomic E-state index is -5.15. The molecule has 5 rings (SSSR count). The Morgan fingerprint density at radius 2 is 1.72 bits per heavy atom. The maximum absolute atomic E-state index is 14.6. The number of aliphatic hydroxyl groups is 1. The van der Waals surface area contributed by atoms with E-state index in [9.17, 15) is 32.6 Å². The van der Waals surface area contributed by atoms with Gasteiger partial charge in [-0.25, -0.2) is 9.07 Å². The number of rotatable bonds is 5. The summed E-state index contributed by atoms with van der Waals surface area (Å²) in [5.41, 5.74) is -3.23. The first-order valence-corrected chi connectivity index (χ1v) is 11.3. The van der Waals surface area contributed by atoms with Gasteiger partial charge >= 0.3 is 12.1 Å². The zero-order valence-electron chi connectivity index (χ0n) is 18.2. The van der Waals surface area contributed by atoms with Gasteiger partial charge in [-0.2, -0.15) is 18.3 Å². The molecule has 1 atom stereocenters. The number of aliphatic carboxylic acids is 1. The average molecular weight is 562 g/mol. The minimum absolute atomic E-state index is 0.0568. The number of nitrogens with zero attached hydrogens (tertiary/aromatic N) is 3. The van der Waals surface area contributed by atoms with Gasteiger partial charge in [-0.1, -0.05) is 28.1 Å². The Labute approximate surface area is 209 Å². The van der Waals surface area contributed by atoms with E-state index in [0.29, 0.717) is 21.1 Å². The molecule has 5 aromatic rings. The maximum atomic E-state index is 14.6. The van der Waals surface area contributed by atoms with E-state index in [2.05, 4.69) is 21.0 Å². The summed E-state index contributed by atoms with van der Waals surface area (Å²) in [6, 6.07) is 13.6. The van der Waals surface area contributed by atoms with E-state index >= 15 is 0 Å². The van der Waals surface area contributed by atoms with Crippen molar-refractivity contribution in [2.24, 2.45) is 0 Å². The number of carboxylic acids is 1. The quantitative estimate of drug-likeness (QED) is 0.267. The molecule has 0 aliphatic carbocycles. The molecule has 0 radical (unpaired) electrons. The molecule has 2 aromatic heterocycles. The summed E-state index contributed by atoms with van der Waals surface area (Å²) >= 11 is 3.25. The lowest BCUT2D eigenvalue weighted by molar-refractivity contribution is -0.247. The van der Waals surface area contributed by atoms with Crippen LogP contribution in [0.25, 0.3) is 27.5 Å². The van der Waals surface area contributed by atoms with Crippen molar-refractivity contribution >= 4 is 43.7 Å². The third-order valence-electron chi connectivity index (χ3n) is 6.01. The van der Waals surface area contributed by atoms with Gasteiger partial charge in [0, 0.05) is 27.0 Å². The monoisotopic (exact) mass is 561 g/mol. The van der Waals surface area contributed by atoms with Crippen molar-refractivity contribution < 1.29 is 32.6 Å².